The Labute approximate surface area is 404 Å². The van der Waals surface area contributed by atoms with Gasteiger partial charge in [0.1, 0.15) is 6.10 Å². The predicted octanol–water partition coefficient (Wildman–Crippen LogP) is 17.4. The topological polar surface area (TPSA) is 95.9 Å². The third-order valence-electron chi connectivity index (χ3n) is 12.9. The molecule has 0 bridgehead atoms. The second-order valence-corrected chi connectivity index (χ2v) is 19.4. The molecule has 65 heavy (non-hydrogen) atoms. The number of ether oxygens (including phenoxy) is 1. The Hall–Kier alpha value is -2.18. The van der Waals surface area contributed by atoms with Gasteiger partial charge in [-0.2, -0.15) is 0 Å². The molecule has 3 unspecified atom stereocenters. The molecule has 0 spiro atoms. The van der Waals surface area contributed by atoms with Crippen LogP contribution in [0, 0.1) is 0 Å². The molecular formula is C59H109NO5. The van der Waals surface area contributed by atoms with Crippen LogP contribution in [0.1, 0.15) is 290 Å². The van der Waals surface area contributed by atoms with E-state index in [0.717, 1.165) is 57.8 Å². The molecule has 0 fully saturated rings. The van der Waals surface area contributed by atoms with E-state index in [1.54, 1.807) is 0 Å². The maximum Gasteiger partial charge on any atom is 0.306 e. The first-order valence-corrected chi connectivity index (χ1v) is 28.4. The van der Waals surface area contributed by atoms with Gasteiger partial charge in [-0.05, 0) is 44.9 Å². The first-order valence-electron chi connectivity index (χ1n) is 28.4. The highest BCUT2D eigenvalue weighted by Gasteiger charge is 2.23. The SMILES string of the molecule is CCCCC/C=C\C/C=C\C/C=C\C/C=C\CC(CC(=O)NC(CO)C(O)CCCCCCCCCCCCCCCC)OC(=O)CCCCCCCCCCCCCCCCCCC. The Morgan fingerprint density at radius 2 is 0.815 bits per heavy atom. The molecule has 0 saturated carbocycles. The van der Waals surface area contributed by atoms with Gasteiger partial charge in [0.2, 0.25) is 5.91 Å². The number of carbonyl (C=O) groups is 2. The Balaban J connectivity index is 4.64. The number of rotatable bonds is 51. The summed E-state index contributed by atoms with van der Waals surface area (Å²) in [6.07, 6.45) is 64.8. The second-order valence-electron chi connectivity index (χ2n) is 19.4. The first kappa shape index (κ1) is 62.8. The normalized spacial score (nSPS) is 13.5. The van der Waals surface area contributed by atoms with Crippen molar-refractivity contribution in [3.8, 4) is 0 Å². The highest BCUT2D eigenvalue weighted by atomic mass is 16.5. The van der Waals surface area contributed by atoms with Gasteiger partial charge in [0.15, 0.2) is 0 Å². The van der Waals surface area contributed by atoms with Crippen LogP contribution in [0.2, 0.25) is 0 Å². The standard InChI is InChI=1S/C59H109NO5/c1-4-7-10-13-16-19-22-25-28-29-31-34-37-40-43-46-49-52-59(64)65-55(50-47-44-41-38-35-32-30-26-23-20-17-14-11-8-5-2)53-58(63)60-56(54-61)57(62)51-48-45-42-39-36-33-27-24-21-18-15-12-9-6-3/h17,20,26,30,35,38,44,47,55-57,61-62H,4-16,18-19,21-25,27-29,31-34,36-37,39-43,45-46,48-54H2,1-3H3,(H,60,63)/b20-17-,30-26-,38-35-,47-44-. The highest BCUT2D eigenvalue weighted by Crippen LogP contribution is 2.17. The van der Waals surface area contributed by atoms with Gasteiger partial charge in [-0.25, -0.2) is 0 Å². The number of nitrogens with one attached hydrogen (secondary N) is 1. The van der Waals surface area contributed by atoms with Crippen molar-refractivity contribution in [2.45, 2.75) is 309 Å². The number of aliphatic hydroxyl groups excluding tert-OH is 2. The maximum atomic E-state index is 13.2. The number of unbranched alkanes of at least 4 members (excludes halogenated alkanes) is 32. The van der Waals surface area contributed by atoms with Gasteiger partial charge in [-0.1, -0.05) is 275 Å². The number of esters is 1. The third kappa shape index (κ3) is 48.1. The molecule has 0 aliphatic rings. The lowest BCUT2D eigenvalue weighted by Gasteiger charge is -2.24. The number of hydrogen-bond acceptors (Lipinski definition) is 5. The number of allylic oxidation sites excluding steroid dienone is 7. The summed E-state index contributed by atoms with van der Waals surface area (Å²) in [5.41, 5.74) is 0. The fraction of sp³-hybridized carbons (Fsp3) is 0.831. The third-order valence-corrected chi connectivity index (χ3v) is 12.9. The molecule has 0 aromatic carbocycles. The van der Waals surface area contributed by atoms with Crippen LogP contribution in [0.4, 0.5) is 0 Å². The average molecular weight is 913 g/mol. The molecule has 0 heterocycles. The molecule has 0 rings (SSSR count). The summed E-state index contributed by atoms with van der Waals surface area (Å²) in [4.78, 5) is 26.2. The lowest BCUT2D eigenvalue weighted by molar-refractivity contribution is -0.150. The van der Waals surface area contributed by atoms with Crippen LogP contribution >= 0.6 is 0 Å². The molecule has 3 N–H and O–H groups in total. The molecular weight excluding hydrogens is 803 g/mol. The summed E-state index contributed by atoms with van der Waals surface area (Å²) in [5, 5.41) is 23.8. The van der Waals surface area contributed by atoms with Gasteiger partial charge >= 0.3 is 5.97 Å². The Kier molecular flexibility index (Phi) is 51.0. The van der Waals surface area contributed by atoms with Gasteiger partial charge in [0, 0.05) is 12.8 Å². The molecule has 0 aromatic rings. The van der Waals surface area contributed by atoms with Crippen molar-refractivity contribution in [1.82, 2.24) is 5.32 Å². The molecule has 6 nitrogen and oxygen atoms in total. The molecule has 0 aliphatic heterocycles. The van der Waals surface area contributed by atoms with Crippen molar-refractivity contribution >= 4 is 11.9 Å². The van der Waals surface area contributed by atoms with E-state index in [4.69, 9.17) is 4.74 Å². The molecule has 6 heteroatoms. The quantitative estimate of drug-likeness (QED) is 0.0321. The largest absolute Gasteiger partial charge is 0.461 e. The predicted molar refractivity (Wildman–Crippen MR) is 282 cm³/mol. The zero-order valence-electron chi connectivity index (χ0n) is 43.4. The summed E-state index contributed by atoms with van der Waals surface area (Å²) in [7, 11) is 0. The number of carbonyl (C=O) groups excluding carboxylic acids is 2. The average Bonchev–Trinajstić information content (AvgIpc) is 3.30. The van der Waals surface area contributed by atoms with Crippen LogP contribution in [-0.2, 0) is 14.3 Å². The zero-order chi connectivity index (χ0) is 47.4. The smallest absolute Gasteiger partial charge is 0.306 e. The summed E-state index contributed by atoms with van der Waals surface area (Å²) in [6, 6.07) is -0.729. The van der Waals surface area contributed by atoms with Gasteiger partial charge in [-0.3, -0.25) is 9.59 Å². The van der Waals surface area contributed by atoms with Crippen molar-refractivity contribution < 1.29 is 24.5 Å². The van der Waals surface area contributed by atoms with Crippen LogP contribution in [0.15, 0.2) is 48.6 Å². The van der Waals surface area contributed by atoms with E-state index in [0.29, 0.717) is 19.3 Å². The molecule has 1 amide bonds. The van der Waals surface area contributed by atoms with E-state index in [-0.39, 0.29) is 24.9 Å². The van der Waals surface area contributed by atoms with E-state index in [2.05, 4.69) is 68.6 Å². The van der Waals surface area contributed by atoms with Gasteiger partial charge in [-0.15, -0.1) is 0 Å². The van der Waals surface area contributed by atoms with Crippen LogP contribution in [0.5, 0.6) is 0 Å². The van der Waals surface area contributed by atoms with E-state index in [1.807, 2.05) is 6.08 Å². The molecule has 0 aromatic heterocycles. The minimum Gasteiger partial charge on any atom is -0.461 e. The Bertz CT molecular complexity index is 1110. The summed E-state index contributed by atoms with van der Waals surface area (Å²) in [5.74, 6) is -0.563. The van der Waals surface area contributed by atoms with E-state index in [1.165, 1.54) is 186 Å². The van der Waals surface area contributed by atoms with Crippen LogP contribution in [0.25, 0.3) is 0 Å². The molecule has 380 valence electrons. The van der Waals surface area contributed by atoms with Crippen LogP contribution < -0.4 is 5.32 Å². The van der Waals surface area contributed by atoms with E-state index >= 15 is 0 Å². The summed E-state index contributed by atoms with van der Waals surface area (Å²) < 4.78 is 5.89. The van der Waals surface area contributed by atoms with Crippen molar-refractivity contribution in [2.75, 3.05) is 6.61 Å². The summed E-state index contributed by atoms with van der Waals surface area (Å²) >= 11 is 0. The fourth-order valence-corrected chi connectivity index (χ4v) is 8.59. The first-order chi connectivity index (χ1) is 32.0. The van der Waals surface area contributed by atoms with Gasteiger partial charge in [0.05, 0.1) is 25.2 Å². The number of aliphatic hydroxyl groups is 2. The molecule has 0 saturated heterocycles. The molecule has 0 radical (unpaired) electrons. The van der Waals surface area contributed by atoms with E-state index < -0.39 is 18.2 Å². The lowest BCUT2D eigenvalue weighted by Crippen LogP contribution is -2.46. The minimum atomic E-state index is -0.810. The molecule has 0 aliphatic carbocycles. The van der Waals surface area contributed by atoms with Crippen molar-refractivity contribution in [1.29, 1.82) is 0 Å². The minimum absolute atomic E-state index is 0.00485. The summed E-state index contributed by atoms with van der Waals surface area (Å²) in [6.45, 7) is 6.46. The Morgan fingerprint density at radius 3 is 1.23 bits per heavy atom. The van der Waals surface area contributed by atoms with Gasteiger partial charge < -0.3 is 20.3 Å². The lowest BCUT2D eigenvalue weighted by atomic mass is 10.0. The zero-order valence-corrected chi connectivity index (χ0v) is 43.4. The highest BCUT2D eigenvalue weighted by molar-refractivity contribution is 5.77. The number of amides is 1. The van der Waals surface area contributed by atoms with Crippen LogP contribution in [0.3, 0.4) is 0 Å². The maximum absolute atomic E-state index is 13.2. The van der Waals surface area contributed by atoms with Gasteiger partial charge in [0.25, 0.3) is 0 Å². The van der Waals surface area contributed by atoms with Crippen molar-refractivity contribution in [2.24, 2.45) is 0 Å². The fourth-order valence-electron chi connectivity index (χ4n) is 8.59. The molecule has 3 atom stereocenters. The van der Waals surface area contributed by atoms with Crippen LogP contribution in [-0.4, -0.2) is 46.9 Å². The monoisotopic (exact) mass is 912 g/mol. The van der Waals surface area contributed by atoms with Crippen molar-refractivity contribution in [3.05, 3.63) is 48.6 Å². The second kappa shape index (κ2) is 52.8. The van der Waals surface area contributed by atoms with E-state index in [9.17, 15) is 19.8 Å². The number of hydrogen-bond donors (Lipinski definition) is 3. The Morgan fingerprint density at radius 1 is 0.462 bits per heavy atom. The van der Waals surface area contributed by atoms with Crippen molar-refractivity contribution in [3.63, 3.8) is 0 Å².